The second-order valence-corrected chi connectivity index (χ2v) is 8.69. The van der Waals surface area contributed by atoms with Crippen molar-refractivity contribution in [3.63, 3.8) is 0 Å². The number of hydrogen-bond acceptors (Lipinski definition) is 7. The van der Waals surface area contributed by atoms with Gasteiger partial charge in [-0.05, 0) is 36.8 Å². The first kappa shape index (κ1) is 25.6. The van der Waals surface area contributed by atoms with Crippen LogP contribution in [-0.2, 0) is 9.59 Å². The summed E-state index contributed by atoms with van der Waals surface area (Å²) in [5, 5.41) is 11.4. The lowest BCUT2D eigenvalue weighted by Crippen LogP contribution is -2.29. The van der Waals surface area contributed by atoms with Crippen LogP contribution in [0.2, 0.25) is 0 Å². The van der Waals surface area contributed by atoms with Crippen molar-refractivity contribution in [1.29, 1.82) is 0 Å². The molecule has 1 aliphatic heterocycles. The van der Waals surface area contributed by atoms with Gasteiger partial charge in [0.2, 0.25) is 0 Å². The molecule has 3 aromatic rings. The van der Waals surface area contributed by atoms with E-state index in [1.165, 1.54) is 19.1 Å². The first-order chi connectivity index (χ1) is 17.8. The Bertz CT molecular complexity index is 1320. The van der Waals surface area contributed by atoms with Gasteiger partial charge < -0.3 is 24.2 Å². The fourth-order valence-corrected chi connectivity index (χ4v) is 4.36. The van der Waals surface area contributed by atoms with Gasteiger partial charge >= 0.3 is 0 Å². The second-order valence-electron chi connectivity index (χ2n) is 8.69. The summed E-state index contributed by atoms with van der Waals surface area (Å²) in [7, 11) is 6.87. The largest absolute Gasteiger partial charge is 0.507 e. The van der Waals surface area contributed by atoms with E-state index in [0.717, 1.165) is 5.69 Å². The van der Waals surface area contributed by atoms with Crippen LogP contribution in [0.4, 0.5) is 11.4 Å². The number of aliphatic hydroxyl groups excluding tert-OH is 1. The fraction of sp³-hybridized carbons (Fsp3) is 0.241. The fourth-order valence-electron chi connectivity index (χ4n) is 4.36. The summed E-state index contributed by atoms with van der Waals surface area (Å²) in [5.74, 6) is -0.365. The highest BCUT2D eigenvalue weighted by atomic mass is 16.5. The number of nitrogens with zero attached hydrogens (tertiary/aromatic N) is 2. The zero-order chi connectivity index (χ0) is 26.7. The molecule has 0 bridgehead atoms. The Labute approximate surface area is 216 Å². The van der Waals surface area contributed by atoms with Crippen molar-refractivity contribution in [2.24, 2.45) is 0 Å². The Morgan fingerprint density at radius 1 is 0.919 bits per heavy atom. The van der Waals surface area contributed by atoms with Gasteiger partial charge in [-0.2, -0.15) is 0 Å². The normalized spacial score (nSPS) is 16.6. The minimum Gasteiger partial charge on any atom is -0.507 e. The summed E-state index contributed by atoms with van der Waals surface area (Å²) in [6.45, 7) is 2.31. The molecule has 1 amide bonds. The third-order valence-electron chi connectivity index (χ3n) is 6.20. The van der Waals surface area contributed by atoms with Crippen LogP contribution in [-0.4, -0.2) is 51.7 Å². The van der Waals surface area contributed by atoms with Crippen LogP contribution in [0.5, 0.6) is 17.2 Å². The molecule has 4 rings (SSSR count). The van der Waals surface area contributed by atoms with E-state index in [2.05, 4.69) is 0 Å². The lowest BCUT2D eigenvalue weighted by molar-refractivity contribution is -0.132. The molecule has 8 nitrogen and oxygen atoms in total. The van der Waals surface area contributed by atoms with E-state index in [-0.39, 0.29) is 11.3 Å². The first-order valence-electron chi connectivity index (χ1n) is 11.8. The zero-order valence-electron chi connectivity index (χ0n) is 21.5. The summed E-state index contributed by atoms with van der Waals surface area (Å²) < 4.78 is 16.4. The molecule has 0 aromatic heterocycles. The molecule has 0 aliphatic carbocycles. The SMILES string of the molecule is CCOc1cccc(/C(O)=C2\C(=O)C(=O)N(c3cc(OC)cc(OC)c3)C2c2ccc(N(C)C)cc2)c1. The van der Waals surface area contributed by atoms with Gasteiger partial charge in [0, 0.05) is 43.5 Å². The molecule has 8 heteroatoms. The molecule has 192 valence electrons. The highest BCUT2D eigenvalue weighted by Crippen LogP contribution is 2.44. The number of carbonyl (C=O) groups is 2. The number of amides is 1. The number of aliphatic hydroxyl groups is 1. The van der Waals surface area contributed by atoms with E-state index < -0.39 is 17.7 Å². The molecule has 3 aromatic carbocycles. The third-order valence-corrected chi connectivity index (χ3v) is 6.20. The van der Waals surface area contributed by atoms with E-state index in [4.69, 9.17) is 14.2 Å². The molecule has 1 unspecified atom stereocenters. The molecule has 1 saturated heterocycles. The van der Waals surface area contributed by atoms with Crippen LogP contribution < -0.4 is 24.0 Å². The molecule has 1 fully saturated rings. The molecule has 37 heavy (non-hydrogen) atoms. The molecule has 0 saturated carbocycles. The number of anilines is 2. The van der Waals surface area contributed by atoms with Crippen LogP contribution >= 0.6 is 0 Å². The van der Waals surface area contributed by atoms with Crippen molar-refractivity contribution in [3.8, 4) is 17.2 Å². The van der Waals surface area contributed by atoms with Crippen molar-refractivity contribution < 1.29 is 28.9 Å². The number of benzene rings is 3. The summed E-state index contributed by atoms with van der Waals surface area (Å²) in [4.78, 5) is 30.3. The van der Waals surface area contributed by atoms with Crippen LogP contribution in [0.1, 0.15) is 24.1 Å². The quantitative estimate of drug-likeness (QED) is 0.269. The number of ketones is 1. The molecule has 1 heterocycles. The number of Topliss-reactive ketones (excluding diaryl/α,β-unsaturated/α-hetero) is 1. The van der Waals surface area contributed by atoms with E-state index in [1.54, 1.807) is 42.5 Å². The van der Waals surface area contributed by atoms with Crippen molar-refractivity contribution >= 4 is 28.8 Å². The van der Waals surface area contributed by atoms with Gasteiger partial charge in [-0.3, -0.25) is 14.5 Å². The Balaban J connectivity index is 1.94. The van der Waals surface area contributed by atoms with Gasteiger partial charge in [0.15, 0.2) is 0 Å². The number of hydrogen-bond donors (Lipinski definition) is 1. The van der Waals surface area contributed by atoms with Crippen molar-refractivity contribution in [2.45, 2.75) is 13.0 Å². The minimum absolute atomic E-state index is 0.0157. The van der Waals surface area contributed by atoms with Gasteiger partial charge in [-0.1, -0.05) is 24.3 Å². The van der Waals surface area contributed by atoms with E-state index >= 15 is 0 Å². The summed E-state index contributed by atoms with van der Waals surface area (Å²) in [5.41, 5.74) is 2.38. The molecular weight excluding hydrogens is 472 g/mol. The number of methoxy groups -OCH3 is 2. The lowest BCUT2D eigenvalue weighted by Gasteiger charge is -2.26. The summed E-state index contributed by atoms with van der Waals surface area (Å²) in [6, 6.07) is 18.4. The Hall–Kier alpha value is -4.46. The number of ether oxygens (including phenoxy) is 3. The van der Waals surface area contributed by atoms with Gasteiger partial charge in [0.1, 0.15) is 23.0 Å². The van der Waals surface area contributed by atoms with Crippen LogP contribution in [0.3, 0.4) is 0 Å². The molecule has 1 N–H and O–H groups in total. The van der Waals surface area contributed by atoms with Gasteiger partial charge in [-0.25, -0.2) is 0 Å². The maximum Gasteiger partial charge on any atom is 0.300 e. The number of carbonyl (C=O) groups excluding carboxylic acids is 2. The predicted octanol–water partition coefficient (Wildman–Crippen LogP) is 4.79. The lowest BCUT2D eigenvalue weighted by atomic mass is 9.94. The second kappa shape index (κ2) is 10.7. The average molecular weight is 503 g/mol. The van der Waals surface area contributed by atoms with E-state index in [1.807, 2.05) is 50.2 Å². The minimum atomic E-state index is -0.885. The standard InChI is InChI=1S/C29H30N2O6/c1-6-37-22-9-7-8-19(14-22)27(32)25-26(18-10-12-20(13-11-18)30(2)3)31(29(34)28(25)33)21-15-23(35-4)17-24(16-21)36-5/h7-17,26,32H,6H2,1-5H3/b27-25+. The van der Waals surface area contributed by atoms with Crippen LogP contribution in [0, 0.1) is 0 Å². The summed E-state index contributed by atoms with van der Waals surface area (Å²) >= 11 is 0. The topological polar surface area (TPSA) is 88.5 Å². The van der Waals surface area contributed by atoms with Crippen LogP contribution in [0.25, 0.3) is 5.76 Å². The smallest absolute Gasteiger partial charge is 0.300 e. The Morgan fingerprint density at radius 2 is 1.57 bits per heavy atom. The Morgan fingerprint density at radius 3 is 2.14 bits per heavy atom. The van der Waals surface area contributed by atoms with E-state index in [9.17, 15) is 14.7 Å². The number of rotatable bonds is 8. The highest BCUT2D eigenvalue weighted by molar-refractivity contribution is 6.51. The third kappa shape index (κ3) is 4.95. The molecule has 0 spiro atoms. The Kier molecular flexibility index (Phi) is 7.38. The van der Waals surface area contributed by atoms with Crippen molar-refractivity contribution in [3.05, 3.63) is 83.4 Å². The molecule has 1 aliphatic rings. The zero-order valence-corrected chi connectivity index (χ0v) is 21.5. The predicted molar refractivity (Wildman–Crippen MR) is 143 cm³/mol. The summed E-state index contributed by atoms with van der Waals surface area (Å²) in [6.07, 6.45) is 0. The van der Waals surface area contributed by atoms with E-state index in [0.29, 0.717) is 40.7 Å². The molecule has 0 radical (unpaired) electrons. The first-order valence-corrected chi connectivity index (χ1v) is 11.8. The van der Waals surface area contributed by atoms with Gasteiger partial charge in [0.05, 0.1) is 38.1 Å². The van der Waals surface area contributed by atoms with Crippen molar-refractivity contribution in [1.82, 2.24) is 0 Å². The van der Waals surface area contributed by atoms with Gasteiger partial charge in [-0.15, -0.1) is 0 Å². The molecule has 1 atom stereocenters. The maximum absolute atomic E-state index is 13.5. The average Bonchev–Trinajstić information content (AvgIpc) is 3.18. The van der Waals surface area contributed by atoms with Crippen molar-refractivity contribution in [2.75, 3.05) is 44.7 Å². The van der Waals surface area contributed by atoms with Crippen LogP contribution in [0.15, 0.2) is 72.3 Å². The highest BCUT2D eigenvalue weighted by Gasteiger charge is 2.47. The van der Waals surface area contributed by atoms with Gasteiger partial charge in [0.25, 0.3) is 11.7 Å². The maximum atomic E-state index is 13.5. The molecular formula is C29H30N2O6. The monoisotopic (exact) mass is 502 g/mol.